The number of carbonyl (C=O) groups excluding carboxylic acids is 2. The number of rotatable bonds is 6. The molecule has 7 nitrogen and oxygen atoms in total. The van der Waals surface area contributed by atoms with Crippen LogP contribution in [0.25, 0.3) is 17.1 Å². The molecule has 2 aromatic carbocycles. The van der Waals surface area contributed by atoms with Gasteiger partial charge in [0.1, 0.15) is 0 Å². The van der Waals surface area contributed by atoms with E-state index in [9.17, 15) is 9.59 Å². The van der Waals surface area contributed by atoms with Crippen molar-refractivity contribution in [3.8, 4) is 17.1 Å². The number of hydrogen-bond acceptors (Lipinski definition) is 6. The first-order valence-electron chi connectivity index (χ1n) is 9.55. The lowest BCUT2D eigenvalue weighted by Gasteiger charge is -2.11. The Bertz CT molecular complexity index is 1220. The van der Waals surface area contributed by atoms with E-state index >= 15 is 0 Å². The normalized spacial score (nSPS) is 10.7. The van der Waals surface area contributed by atoms with Gasteiger partial charge >= 0.3 is 0 Å². The van der Waals surface area contributed by atoms with Crippen LogP contribution in [0.3, 0.4) is 0 Å². The maximum atomic E-state index is 12.3. The van der Waals surface area contributed by atoms with Gasteiger partial charge in [0.05, 0.1) is 10.6 Å². The molecule has 32 heavy (non-hydrogen) atoms. The first kappa shape index (κ1) is 22.1. The Labute approximate surface area is 197 Å². The van der Waals surface area contributed by atoms with Crippen molar-refractivity contribution in [2.45, 2.75) is 12.1 Å². The Kier molecular flexibility index (Phi) is 6.89. The van der Waals surface area contributed by atoms with Gasteiger partial charge in [-0.15, -0.1) is 21.5 Å². The molecule has 0 saturated heterocycles. The van der Waals surface area contributed by atoms with Crippen molar-refractivity contribution < 1.29 is 9.59 Å². The van der Waals surface area contributed by atoms with E-state index in [0.29, 0.717) is 20.9 Å². The van der Waals surface area contributed by atoms with Crippen LogP contribution in [-0.4, -0.2) is 32.3 Å². The van der Waals surface area contributed by atoms with E-state index in [1.165, 1.54) is 23.1 Å². The summed E-state index contributed by atoms with van der Waals surface area (Å²) in [7, 11) is 0. The molecule has 162 valence electrons. The maximum Gasteiger partial charge on any atom is 0.279 e. The fraction of sp³-hybridized carbons (Fsp3) is 0.0909. The zero-order chi connectivity index (χ0) is 22.5. The lowest BCUT2D eigenvalue weighted by molar-refractivity contribution is -0.119. The molecule has 0 saturated carbocycles. The molecule has 0 unspecified atom stereocenters. The molecule has 2 amide bonds. The van der Waals surface area contributed by atoms with Gasteiger partial charge in [0.15, 0.2) is 11.0 Å². The van der Waals surface area contributed by atoms with Crippen LogP contribution in [0.4, 0.5) is 0 Å². The molecule has 0 aliphatic heterocycles. The minimum Gasteiger partial charge on any atom is -0.272 e. The van der Waals surface area contributed by atoms with Crippen LogP contribution in [0.15, 0.2) is 71.2 Å². The van der Waals surface area contributed by atoms with Gasteiger partial charge in [0, 0.05) is 16.3 Å². The standard InChI is InChI=1S/C22H18ClN5O2S2/c1-14-4-10-17(11-5-14)28-20(15-6-8-16(23)9-7-15)25-27-22(28)32-13-19(29)24-26-21(30)18-3-2-12-31-18/h2-12H,13H2,1H3,(H,24,29)(H,26,30). The Balaban J connectivity index is 1.51. The molecule has 2 N–H and O–H groups in total. The van der Waals surface area contributed by atoms with Crippen LogP contribution in [-0.2, 0) is 4.79 Å². The van der Waals surface area contributed by atoms with Gasteiger partial charge in [-0.05, 0) is 54.8 Å². The van der Waals surface area contributed by atoms with Crippen molar-refractivity contribution in [1.82, 2.24) is 25.6 Å². The van der Waals surface area contributed by atoms with Gasteiger partial charge in [0.25, 0.3) is 5.91 Å². The summed E-state index contributed by atoms with van der Waals surface area (Å²) in [6.07, 6.45) is 0. The Hall–Kier alpha value is -3.14. The number of hydrogen-bond donors (Lipinski definition) is 2. The number of thiophene rings is 1. The number of amides is 2. The number of benzene rings is 2. The van der Waals surface area contributed by atoms with Crippen molar-refractivity contribution in [2.75, 3.05) is 5.75 Å². The first-order valence-corrected chi connectivity index (χ1v) is 11.8. The van der Waals surface area contributed by atoms with Crippen molar-refractivity contribution in [3.63, 3.8) is 0 Å². The Morgan fingerprint density at radius 2 is 1.78 bits per heavy atom. The Morgan fingerprint density at radius 3 is 2.47 bits per heavy atom. The van der Waals surface area contributed by atoms with Crippen LogP contribution in [0.1, 0.15) is 15.2 Å². The van der Waals surface area contributed by atoms with E-state index in [-0.39, 0.29) is 17.6 Å². The molecule has 0 bridgehead atoms. The van der Waals surface area contributed by atoms with Crippen LogP contribution in [0.2, 0.25) is 5.02 Å². The summed E-state index contributed by atoms with van der Waals surface area (Å²) < 4.78 is 1.89. The number of nitrogens with one attached hydrogen (secondary N) is 2. The van der Waals surface area contributed by atoms with Gasteiger partial charge in [-0.2, -0.15) is 0 Å². The molecule has 2 heterocycles. The SMILES string of the molecule is Cc1ccc(-n2c(SCC(=O)NNC(=O)c3cccs3)nnc2-c2ccc(Cl)cc2)cc1. The smallest absolute Gasteiger partial charge is 0.272 e. The van der Waals surface area contributed by atoms with Gasteiger partial charge in [-0.3, -0.25) is 25.0 Å². The van der Waals surface area contributed by atoms with Crippen molar-refractivity contribution in [2.24, 2.45) is 0 Å². The monoisotopic (exact) mass is 483 g/mol. The van der Waals surface area contributed by atoms with Gasteiger partial charge in [-0.25, -0.2) is 0 Å². The minimum absolute atomic E-state index is 0.0509. The molecule has 2 aromatic heterocycles. The van der Waals surface area contributed by atoms with Crippen LogP contribution >= 0.6 is 34.7 Å². The fourth-order valence-corrected chi connectivity index (χ4v) is 4.33. The molecule has 0 spiro atoms. The number of halogens is 1. The quantitative estimate of drug-likeness (QED) is 0.311. The Morgan fingerprint density at radius 1 is 1.03 bits per heavy atom. The number of hydrazine groups is 1. The molecule has 0 aliphatic rings. The highest BCUT2D eigenvalue weighted by molar-refractivity contribution is 7.99. The molecule has 4 rings (SSSR count). The van der Waals surface area contributed by atoms with Crippen LogP contribution in [0.5, 0.6) is 0 Å². The fourth-order valence-electron chi connectivity index (χ4n) is 2.84. The van der Waals surface area contributed by atoms with E-state index in [0.717, 1.165) is 16.8 Å². The average molecular weight is 484 g/mol. The number of thioether (sulfide) groups is 1. The van der Waals surface area contributed by atoms with E-state index in [2.05, 4.69) is 21.0 Å². The zero-order valence-electron chi connectivity index (χ0n) is 16.9. The summed E-state index contributed by atoms with van der Waals surface area (Å²) >= 11 is 8.55. The molecule has 0 radical (unpaired) electrons. The molecular weight excluding hydrogens is 466 g/mol. The third-order valence-electron chi connectivity index (χ3n) is 4.42. The van der Waals surface area contributed by atoms with Crippen molar-refractivity contribution in [3.05, 3.63) is 81.5 Å². The van der Waals surface area contributed by atoms with Crippen LogP contribution < -0.4 is 10.9 Å². The summed E-state index contributed by atoms with van der Waals surface area (Å²) in [6.45, 7) is 2.01. The van der Waals surface area contributed by atoms with E-state index < -0.39 is 0 Å². The minimum atomic E-state index is -0.355. The molecule has 0 atom stereocenters. The second-order valence-corrected chi connectivity index (χ2v) is 9.08. The summed E-state index contributed by atoms with van der Waals surface area (Å²) in [4.78, 5) is 24.8. The van der Waals surface area contributed by atoms with Gasteiger partial charge in [0.2, 0.25) is 5.91 Å². The third kappa shape index (κ3) is 5.18. The van der Waals surface area contributed by atoms with Crippen molar-refractivity contribution >= 4 is 46.5 Å². The van der Waals surface area contributed by atoms with Gasteiger partial charge < -0.3 is 0 Å². The molecule has 10 heteroatoms. The van der Waals surface area contributed by atoms with Crippen molar-refractivity contribution in [1.29, 1.82) is 0 Å². The highest BCUT2D eigenvalue weighted by atomic mass is 35.5. The zero-order valence-corrected chi connectivity index (χ0v) is 19.3. The van der Waals surface area contributed by atoms with Gasteiger partial charge in [-0.1, -0.05) is 47.1 Å². The second kappa shape index (κ2) is 9.99. The van der Waals surface area contributed by atoms with E-state index in [1.807, 2.05) is 47.9 Å². The number of nitrogens with zero attached hydrogens (tertiary/aromatic N) is 3. The summed E-state index contributed by atoms with van der Waals surface area (Å²) in [5.74, 6) is -0.0213. The molecule has 0 fully saturated rings. The highest BCUT2D eigenvalue weighted by Crippen LogP contribution is 2.28. The second-order valence-electron chi connectivity index (χ2n) is 6.75. The summed E-state index contributed by atoms with van der Waals surface area (Å²) in [6, 6.07) is 18.7. The predicted molar refractivity (Wildman–Crippen MR) is 127 cm³/mol. The first-order chi connectivity index (χ1) is 15.5. The molecule has 0 aliphatic carbocycles. The number of carbonyl (C=O) groups is 2. The lowest BCUT2D eigenvalue weighted by atomic mass is 10.2. The molecular formula is C22H18ClN5O2S2. The maximum absolute atomic E-state index is 12.3. The number of aromatic nitrogens is 3. The lowest BCUT2D eigenvalue weighted by Crippen LogP contribution is -2.42. The highest BCUT2D eigenvalue weighted by Gasteiger charge is 2.18. The van der Waals surface area contributed by atoms with E-state index in [1.54, 1.807) is 29.6 Å². The summed E-state index contributed by atoms with van der Waals surface area (Å²) in [5.41, 5.74) is 7.69. The average Bonchev–Trinajstić information content (AvgIpc) is 3.48. The summed E-state index contributed by atoms with van der Waals surface area (Å²) in [5, 5.41) is 11.6. The van der Waals surface area contributed by atoms with E-state index in [4.69, 9.17) is 11.6 Å². The number of aryl methyl sites for hydroxylation is 1. The largest absolute Gasteiger partial charge is 0.279 e. The predicted octanol–water partition coefficient (Wildman–Crippen LogP) is 4.51. The molecule has 4 aromatic rings. The third-order valence-corrected chi connectivity index (χ3v) is 6.47. The van der Waals surface area contributed by atoms with Crippen LogP contribution in [0, 0.1) is 6.92 Å². The topological polar surface area (TPSA) is 88.9 Å².